The Morgan fingerprint density at radius 1 is 1.03 bits per heavy atom. The zero-order valence-corrected chi connectivity index (χ0v) is 18.1. The fraction of sp³-hybridized carbons (Fsp3) is 0.333. The van der Waals surface area contributed by atoms with E-state index in [1.807, 2.05) is 41.7 Å². The van der Waals surface area contributed by atoms with Crippen molar-refractivity contribution in [2.75, 3.05) is 6.54 Å². The molecule has 0 aliphatic carbocycles. The number of benzene rings is 2. The van der Waals surface area contributed by atoms with E-state index in [2.05, 4.69) is 0 Å². The van der Waals surface area contributed by atoms with Gasteiger partial charge in [0, 0.05) is 16.5 Å². The molecule has 32 heavy (non-hydrogen) atoms. The predicted molar refractivity (Wildman–Crippen MR) is 108 cm³/mol. The molecule has 0 radical (unpaired) electrons. The van der Waals surface area contributed by atoms with E-state index >= 15 is 0 Å². The number of hydrogen-bond donors (Lipinski definition) is 1. The third kappa shape index (κ3) is 9.04. The van der Waals surface area contributed by atoms with Crippen LogP contribution in [0.3, 0.4) is 0 Å². The van der Waals surface area contributed by atoms with Gasteiger partial charge in [-0.25, -0.2) is 4.79 Å². The minimum Gasteiger partial charge on any atom is -0.542 e. The van der Waals surface area contributed by atoms with Gasteiger partial charge in [-0.1, -0.05) is 47.5 Å². The van der Waals surface area contributed by atoms with Gasteiger partial charge in [0.1, 0.15) is 25.2 Å². The van der Waals surface area contributed by atoms with Crippen LogP contribution in [-0.4, -0.2) is 36.8 Å². The predicted octanol–water partition coefficient (Wildman–Crippen LogP) is 2.26. The summed E-state index contributed by atoms with van der Waals surface area (Å²) in [4.78, 5) is 21.0. The average Bonchev–Trinajstić information content (AvgIpc) is 3.20. The van der Waals surface area contributed by atoms with Crippen LogP contribution < -0.4 is 10.4 Å². The summed E-state index contributed by atoms with van der Waals surface area (Å²) < 4.78 is 42.8. The van der Waals surface area contributed by atoms with Gasteiger partial charge >= 0.3 is 12.1 Å². The molecule has 0 unspecified atom stereocenters. The molecule has 0 spiro atoms. The number of carboxylic acids is 1. The second-order valence-corrected chi connectivity index (χ2v) is 7.77. The number of alkyl halides is 3. The second kappa shape index (κ2) is 12.1. The maximum atomic E-state index is 12.2. The van der Waals surface area contributed by atoms with E-state index in [4.69, 9.17) is 42.6 Å². The minimum atomic E-state index is -5.19. The van der Waals surface area contributed by atoms with Crippen LogP contribution in [0.5, 0.6) is 0 Å². The van der Waals surface area contributed by atoms with Crippen LogP contribution in [0.2, 0.25) is 10.0 Å². The summed E-state index contributed by atoms with van der Waals surface area (Å²) in [6.45, 7) is 1.47. The molecule has 0 aromatic heterocycles. The highest BCUT2D eigenvalue weighted by molar-refractivity contribution is 6.30. The van der Waals surface area contributed by atoms with Crippen molar-refractivity contribution in [3.05, 3.63) is 69.7 Å². The van der Waals surface area contributed by atoms with Crippen LogP contribution in [-0.2, 0) is 32.3 Å². The first-order valence-electron chi connectivity index (χ1n) is 9.43. The monoisotopic (exact) mass is 493 g/mol. The molecule has 1 saturated heterocycles. The highest BCUT2D eigenvalue weighted by Gasteiger charge is 2.35. The van der Waals surface area contributed by atoms with Crippen LogP contribution in [0.25, 0.3) is 0 Å². The van der Waals surface area contributed by atoms with Gasteiger partial charge in [0.05, 0.1) is 6.61 Å². The first-order valence-corrected chi connectivity index (χ1v) is 10.2. The van der Waals surface area contributed by atoms with Crippen molar-refractivity contribution < 1.29 is 42.7 Å². The van der Waals surface area contributed by atoms with Gasteiger partial charge in [0.25, 0.3) is 0 Å². The molecule has 2 atom stereocenters. The lowest BCUT2D eigenvalue weighted by Crippen LogP contribution is -2.89. The van der Waals surface area contributed by atoms with E-state index in [0.29, 0.717) is 23.1 Å². The molecule has 1 fully saturated rings. The van der Waals surface area contributed by atoms with E-state index in [1.54, 1.807) is 12.1 Å². The van der Waals surface area contributed by atoms with Crippen LogP contribution in [0.15, 0.2) is 48.5 Å². The molecule has 2 aromatic carbocycles. The topological polar surface area (TPSA) is 92.3 Å². The molecule has 6 nitrogen and oxygen atoms in total. The van der Waals surface area contributed by atoms with Crippen molar-refractivity contribution in [1.82, 2.24) is 0 Å². The molecule has 0 bridgehead atoms. The van der Waals surface area contributed by atoms with E-state index in [9.17, 15) is 18.0 Å². The number of quaternary nitrogens is 1. The molecule has 3 rings (SSSR count). The summed E-state index contributed by atoms with van der Waals surface area (Å²) in [5.74, 6) is -3.22. The smallest absolute Gasteiger partial charge is 0.430 e. The first-order chi connectivity index (χ1) is 15.0. The Morgan fingerprint density at radius 3 is 2.06 bits per heavy atom. The summed E-state index contributed by atoms with van der Waals surface area (Å²) in [7, 11) is 0. The standard InChI is InChI=1S/C19H19Cl2NO3.C2HF3O2/c20-15-5-1-3-13(7-15)11-24-17-9-18(22-10-17)19(23)25-12-14-4-2-6-16(21)8-14;3-2(4,5)1(6)7/h1-8,17-18,22H,9-12H2;(H,6,7)/t17-,18-;/m1./s1. The number of esters is 1. The second-order valence-electron chi connectivity index (χ2n) is 6.90. The number of nitrogens with two attached hydrogens (primary N) is 1. The Morgan fingerprint density at radius 2 is 1.56 bits per heavy atom. The molecule has 2 aromatic rings. The van der Waals surface area contributed by atoms with E-state index in [1.165, 1.54) is 0 Å². The number of rotatable bonds is 6. The number of aliphatic carboxylic acids is 1. The lowest BCUT2D eigenvalue weighted by Gasteiger charge is -2.10. The third-order valence-electron chi connectivity index (χ3n) is 4.38. The summed E-state index contributed by atoms with van der Waals surface area (Å²) in [6.07, 6.45) is -4.52. The van der Waals surface area contributed by atoms with Crippen LogP contribution >= 0.6 is 23.2 Å². The zero-order chi connectivity index (χ0) is 23.7. The number of hydrogen-bond acceptors (Lipinski definition) is 5. The van der Waals surface area contributed by atoms with Gasteiger partial charge in [-0.2, -0.15) is 13.2 Å². The summed E-state index contributed by atoms with van der Waals surface area (Å²) in [6, 6.07) is 14.7. The fourth-order valence-electron chi connectivity index (χ4n) is 2.85. The molecule has 1 aliphatic rings. The number of carbonyl (C=O) groups excluding carboxylic acids is 2. The van der Waals surface area contributed by atoms with Gasteiger partial charge < -0.3 is 24.7 Å². The molecule has 1 aliphatic heterocycles. The van der Waals surface area contributed by atoms with E-state index < -0.39 is 12.1 Å². The lowest BCUT2D eigenvalue weighted by atomic mass is 10.2. The highest BCUT2D eigenvalue weighted by atomic mass is 35.5. The van der Waals surface area contributed by atoms with Gasteiger partial charge in [-0.05, 0) is 35.4 Å². The van der Waals surface area contributed by atoms with Crippen LogP contribution in [0.4, 0.5) is 13.2 Å². The highest BCUT2D eigenvalue weighted by Crippen LogP contribution is 2.15. The Balaban J connectivity index is 0.000000451. The van der Waals surface area contributed by atoms with Crippen molar-refractivity contribution in [3.8, 4) is 0 Å². The SMILES string of the molecule is O=C(OCc1cccc(Cl)c1)[C@H]1C[C@@H](OCc2cccc(Cl)c2)C[NH2+]1.O=C([O-])C(F)(F)F. The van der Waals surface area contributed by atoms with Crippen molar-refractivity contribution in [2.24, 2.45) is 0 Å². The molecular weight excluding hydrogens is 474 g/mol. The molecule has 1 heterocycles. The molecule has 0 saturated carbocycles. The minimum absolute atomic E-state index is 0.0303. The summed E-state index contributed by atoms with van der Waals surface area (Å²) in [5, 5.41) is 12.1. The van der Waals surface area contributed by atoms with Crippen LogP contribution in [0, 0.1) is 0 Å². The number of carbonyl (C=O) groups is 2. The van der Waals surface area contributed by atoms with Crippen molar-refractivity contribution in [2.45, 2.75) is 38.0 Å². The first kappa shape index (κ1) is 25.9. The maximum Gasteiger partial charge on any atom is 0.430 e. The zero-order valence-electron chi connectivity index (χ0n) is 16.6. The molecule has 2 N–H and O–H groups in total. The summed E-state index contributed by atoms with van der Waals surface area (Å²) >= 11 is 11.9. The van der Waals surface area contributed by atoms with E-state index in [-0.39, 0.29) is 24.7 Å². The Bertz CT molecular complexity index is 926. The van der Waals surface area contributed by atoms with Gasteiger partial charge in [0.15, 0.2) is 6.04 Å². The largest absolute Gasteiger partial charge is 0.542 e. The van der Waals surface area contributed by atoms with Gasteiger partial charge in [-0.3, -0.25) is 0 Å². The van der Waals surface area contributed by atoms with Gasteiger partial charge in [0.2, 0.25) is 0 Å². The maximum absolute atomic E-state index is 12.2. The summed E-state index contributed by atoms with van der Waals surface area (Å²) in [5.41, 5.74) is 1.91. The third-order valence-corrected chi connectivity index (χ3v) is 4.85. The number of ether oxygens (including phenoxy) is 2. The van der Waals surface area contributed by atoms with Crippen molar-refractivity contribution >= 4 is 35.1 Å². The Kier molecular flexibility index (Phi) is 9.77. The molecule has 0 amide bonds. The Hall–Kier alpha value is -2.33. The molecule has 11 heteroatoms. The molecule has 174 valence electrons. The average molecular weight is 494 g/mol. The van der Waals surface area contributed by atoms with Crippen LogP contribution in [0.1, 0.15) is 17.5 Å². The lowest BCUT2D eigenvalue weighted by molar-refractivity contribution is -0.661. The normalized spacial score (nSPS) is 17.9. The number of carboxylic acid groups (broad SMARTS) is 1. The Labute approximate surface area is 192 Å². The van der Waals surface area contributed by atoms with Crippen molar-refractivity contribution in [1.29, 1.82) is 0 Å². The van der Waals surface area contributed by atoms with Crippen molar-refractivity contribution in [3.63, 3.8) is 0 Å². The number of halogens is 5. The molecular formula is C21H20Cl2F3NO5. The fourth-order valence-corrected chi connectivity index (χ4v) is 3.28. The quantitative estimate of drug-likeness (QED) is 0.623. The van der Waals surface area contributed by atoms with Gasteiger partial charge in [-0.15, -0.1) is 0 Å². The van der Waals surface area contributed by atoms with E-state index in [0.717, 1.165) is 17.7 Å².